The molecule has 0 rings (SSSR count). The predicted octanol–water partition coefficient (Wildman–Crippen LogP) is -1.49. The number of nitrogens with zero attached hydrogens (tertiary/aromatic N) is 1. The highest BCUT2D eigenvalue weighted by Gasteiger charge is 2.20. The first-order chi connectivity index (χ1) is 6.31. The van der Waals surface area contributed by atoms with E-state index in [1.165, 1.54) is 7.05 Å². The minimum atomic E-state index is -3.55. The monoisotopic (exact) mass is 226 g/mol. The fourth-order valence-electron chi connectivity index (χ4n) is 0.645. The standard InChI is InChI=1S/C7H18N2O4S/c1-6(2)9(3)14(12,13)8-4-7(11)5-10/h6-8,10-11H,4-5H2,1-3H3. The third-order valence-electron chi connectivity index (χ3n) is 1.82. The van der Waals surface area contributed by atoms with Gasteiger partial charge in [0.05, 0.1) is 12.7 Å². The van der Waals surface area contributed by atoms with Crippen LogP contribution in [0.15, 0.2) is 0 Å². The number of nitrogens with one attached hydrogen (secondary N) is 1. The van der Waals surface area contributed by atoms with Crippen LogP contribution in [0.5, 0.6) is 0 Å². The third-order valence-corrected chi connectivity index (χ3v) is 3.53. The van der Waals surface area contributed by atoms with E-state index >= 15 is 0 Å². The highest BCUT2D eigenvalue weighted by Crippen LogP contribution is 2.00. The molecule has 0 bridgehead atoms. The smallest absolute Gasteiger partial charge is 0.279 e. The number of rotatable bonds is 6. The molecule has 0 radical (unpaired) electrons. The maximum Gasteiger partial charge on any atom is 0.279 e. The molecule has 0 fully saturated rings. The van der Waals surface area contributed by atoms with E-state index in [4.69, 9.17) is 10.2 Å². The Morgan fingerprint density at radius 1 is 1.43 bits per heavy atom. The average Bonchev–Trinajstić information content (AvgIpc) is 2.12. The Morgan fingerprint density at radius 2 is 1.93 bits per heavy atom. The van der Waals surface area contributed by atoms with Crippen LogP contribution in [-0.2, 0) is 10.2 Å². The molecule has 0 aromatic heterocycles. The van der Waals surface area contributed by atoms with Gasteiger partial charge in [0.15, 0.2) is 0 Å². The Balaban J connectivity index is 4.22. The van der Waals surface area contributed by atoms with E-state index in [-0.39, 0.29) is 12.6 Å². The summed E-state index contributed by atoms with van der Waals surface area (Å²) >= 11 is 0. The summed E-state index contributed by atoms with van der Waals surface area (Å²) in [5, 5.41) is 17.4. The normalized spacial score (nSPS) is 15.1. The fraction of sp³-hybridized carbons (Fsp3) is 1.00. The molecule has 0 saturated heterocycles. The molecular weight excluding hydrogens is 208 g/mol. The van der Waals surface area contributed by atoms with Gasteiger partial charge in [0, 0.05) is 19.6 Å². The topological polar surface area (TPSA) is 89.9 Å². The second kappa shape index (κ2) is 5.62. The molecule has 0 aliphatic carbocycles. The quantitative estimate of drug-likeness (QED) is 0.515. The first-order valence-corrected chi connectivity index (χ1v) is 5.76. The Kier molecular flexibility index (Phi) is 5.53. The van der Waals surface area contributed by atoms with Crippen LogP contribution in [0, 0.1) is 0 Å². The zero-order chi connectivity index (χ0) is 11.4. The summed E-state index contributed by atoms with van der Waals surface area (Å²) in [6.07, 6.45) is -1.06. The van der Waals surface area contributed by atoms with Crippen LogP contribution < -0.4 is 4.72 Å². The number of aliphatic hydroxyl groups excluding tert-OH is 2. The third kappa shape index (κ3) is 4.34. The number of hydrogen-bond acceptors (Lipinski definition) is 4. The van der Waals surface area contributed by atoms with Gasteiger partial charge < -0.3 is 10.2 Å². The average molecular weight is 226 g/mol. The SMILES string of the molecule is CC(C)N(C)S(=O)(=O)NCC(O)CO. The summed E-state index contributed by atoms with van der Waals surface area (Å²) in [6, 6.07) is -0.154. The summed E-state index contributed by atoms with van der Waals surface area (Å²) in [4.78, 5) is 0. The molecule has 0 aromatic carbocycles. The van der Waals surface area contributed by atoms with E-state index in [0.717, 1.165) is 4.31 Å². The van der Waals surface area contributed by atoms with Crippen molar-refractivity contribution in [3.05, 3.63) is 0 Å². The Bertz CT molecular complexity index is 252. The van der Waals surface area contributed by atoms with Crippen molar-refractivity contribution >= 4 is 10.2 Å². The lowest BCUT2D eigenvalue weighted by Gasteiger charge is -2.21. The predicted molar refractivity (Wildman–Crippen MR) is 52.9 cm³/mol. The van der Waals surface area contributed by atoms with Gasteiger partial charge in [-0.2, -0.15) is 17.4 Å². The minimum Gasteiger partial charge on any atom is -0.394 e. The molecule has 0 aliphatic rings. The molecule has 7 heteroatoms. The van der Waals surface area contributed by atoms with E-state index in [9.17, 15) is 8.42 Å². The lowest BCUT2D eigenvalue weighted by Crippen LogP contribution is -2.44. The highest BCUT2D eigenvalue weighted by molar-refractivity contribution is 7.87. The first kappa shape index (κ1) is 13.8. The number of hydrogen-bond donors (Lipinski definition) is 3. The molecule has 0 saturated carbocycles. The van der Waals surface area contributed by atoms with Crippen molar-refractivity contribution in [2.45, 2.75) is 26.0 Å². The molecule has 0 spiro atoms. The molecule has 86 valence electrons. The molecule has 1 unspecified atom stereocenters. The van der Waals surface area contributed by atoms with Crippen molar-refractivity contribution < 1.29 is 18.6 Å². The van der Waals surface area contributed by atoms with Crippen LogP contribution in [-0.4, -0.2) is 55.3 Å². The van der Waals surface area contributed by atoms with Gasteiger partial charge in [-0.1, -0.05) is 0 Å². The summed E-state index contributed by atoms with van der Waals surface area (Å²) in [7, 11) is -2.11. The molecule has 3 N–H and O–H groups in total. The molecule has 0 aromatic rings. The van der Waals surface area contributed by atoms with Crippen LogP contribution in [0.2, 0.25) is 0 Å². The van der Waals surface area contributed by atoms with Gasteiger partial charge in [-0.05, 0) is 13.8 Å². The van der Waals surface area contributed by atoms with Gasteiger partial charge in [0.1, 0.15) is 0 Å². The maximum absolute atomic E-state index is 11.4. The fourth-order valence-corrected chi connectivity index (χ4v) is 1.81. The van der Waals surface area contributed by atoms with Crippen molar-refractivity contribution in [3.63, 3.8) is 0 Å². The zero-order valence-electron chi connectivity index (χ0n) is 8.64. The van der Waals surface area contributed by atoms with Gasteiger partial charge in [-0.25, -0.2) is 0 Å². The second-order valence-electron chi connectivity index (χ2n) is 3.30. The van der Waals surface area contributed by atoms with Gasteiger partial charge in [-0.15, -0.1) is 0 Å². The van der Waals surface area contributed by atoms with Crippen LogP contribution in [0.3, 0.4) is 0 Å². The van der Waals surface area contributed by atoms with E-state index in [1.54, 1.807) is 13.8 Å². The second-order valence-corrected chi connectivity index (χ2v) is 5.11. The van der Waals surface area contributed by atoms with Crippen molar-refractivity contribution in [2.24, 2.45) is 0 Å². The summed E-state index contributed by atoms with van der Waals surface area (Å²) in [5.41, 5.74) is 0. The van der Waals surface area contributed by atoms with Crippen molar-refractivity contribution in [1.29, 1.82) is 0 Å². The Morgan fingerprint density at radius 3 is 2.29 bits per heavy atom. The summed E-state index contributed by atoms with van der Waals surface area (Å²) in [5.74, 6) is 0. The Labute approximate surface area is 84.7 Å². The van der Waals surface area contributed by atoms with Crippen LogP contribution in [0.1, 0.15) is 13.8 Å². The highest BCUT2D eigenvalue weighted by atomic mass is 32.2. The molecule has 1 atom stereocenters. The molecule has 0 amide bonds. The maximum atomic E-state index is 11.4. The van der Waals surface area contributed by atoms with Crippen molar-refractivity contribution in [3.8, 4) is 0 Å². The van der Waals surface area contributed by atoms with Crippen LogP contribution >= 0.6 is 0 Å². The van der Waals surface area contributed by atoms with Gasteiger partial charge >= 0.3 is 0 Å². The van der Waals surface area contributed by atoms with Crippen LogP contribution in [0.4, 0.5) is 0 Å². The number of aliphatic hydroxyl groups is 2. The van der Waals surface area contributed by atoms with E-state index in [0.29, 0.717) is 0 Å². The molecule has 14 heavy (non-hydrogen) atoms. The molecule has 6 nitrogen and oxygen atoms in total. The van der Waals surface area contributed by atoms with Crippen molar-refractivity contribution in [1.82, 2.24) is 9.03 Å². The van der Waals surface area contributed by atoms with Gasteiger partial charge in [-0.3, -0.25) is 0 Å². The lowest BCUT2D eigenvalue weighted by molar-refractivity contribution is 0.0984. The molecular formula is C7H18N2O4S. The van der Waals surface area contributed by atoms with E-state index < -0.39 is 22.9 Å². The van der Waals surface area contributed by atoms with Crippen molar-refractivity contribution in [2.75, 3.05) is 20.2 Å². The summed E-state index contributed by atoms with van der Waals surface area (Å²) < 4.78 is 26.2. The molecule has 0 heterocycles. The largest absolute Gasteiger partial charge is 0.394 e. The van der Waals surface area contributed by atoms with E-state index in [2.05, 4.69) is 4.72 Å². The minimum absolute atomic E-state index is 0.154. The first-order valence-electron chi connectivity index (χ1n) is 4.32. The lowest BCUT2D eigenvalue weighted by atomic mass is 10.4. The van der Waals surface area contributed by atoms with E-state index in [1.807, 2.05) is 0 Å². The van der Waals surface area contributed by atoms with Gasteiger partial charge in [0.2, 0.25) is 0 Å². The molecule has 0 aliphatic heterocycles. The zero-order valence-corrected chi connectivity index (χ0v) is 9.45. The Hall–Kier alpha value is -0.210. The van der Waals surface area contributed by atoms with Gasteiger partial charge in [0.25, 0.3) is 10.2 Å². The summed E-state index contributed by atoms with van der Waals surface area (Å²) in [6.45, 7) is 2.83. The van der Waals surface area contributed by atoms with Crippen LogP contribution in [0.25, 0.3) is 0 Å².